The van der Waals surface area contributed by atoms with Gasteiger partial charge >= 0.3 is 0 Å². The average Bonchev–Trinajstić information content (AvgIpc) is 3.09. The van der Waals surface area contributed by atoms with Gasteiger partial charge in [-0.15, -0.1) is 0 Å². The number of rotatable bonds is 4. The summed E-state index contributed by atoms with van der Waals surface area (Å²) in [6, 6.07) is 6.12. The first kappa shape index (κ1) is 14.8. The van der Waals surface area contributed by atoms with Crippen LogP contribution in [0.1, 0.15) is 51.0 Å². The van der Waals surface area contributed by atoms with Gasteiger partial charge in [0, 0.05) is 29.9 Å². The van der Waals surface area contributed by atoms with Crippen molar-refractivity contribution < 1.29 is 4.39 Å². The zero-order valence-electron chi connectivity index (χ0n) is 13.0. The number of halogens is 1. The fourth-order valence-corrected chi connectivity index (χ4v) is 4.26. The molecule has 2 fully saturated rings. The highest BCUT2D eigenvalue weighted by atomic mass is 19.1. The van der Waals surface area contributed by atoms with Crippen LogP contribution in [0.25, 0.3) is 0 Å². The predicted octanol–water partition coefficient (Wildman–Crippen LogP) is 3.87. The summed E-state index contributed by atoms with van der Waals surface area (Å²) in [5.41, 5.74) is 7.85. The number of hydrogen-bond acceptors (Lipinski definition) is 2. The lowest BCUT2D eigenvalue weighted by atomic mass is 9.94. The van der Waals surface area contributed by atoms with E-state index in [9.17, 15) is 4.39 Å². The topological polar surface area (TPSA) is 29.3 Å². The fraction of sp³-hybridized carbons (Fsp3) is 0.667. The van der Waals surface area contributed by atoms with E-state index in [0.29, 0.717) is 12.5 Å². The number of benzene rings is 1. The van der Waals surface area contributed by atoms with Gasteiger partial charge in [-0.25, -0.2) is 4.39 Å². The first-order valence-electron chi connectivity index (χ1n) is 8.46. The smallest absolute Gasteiger partial charge is 0.128 e. The fourth-order valence-electron chi connectivity index (χ4n) is 4.26. The van der Waals surface area contributed by atoms with Crippen molar-refractivity contribution in [2.75, 3.05) is 11.4 Å². The maximum atomic E-state index is 14.3. The first-order valence-corrected chi connectivity index (χ1v) is 8.46. The molecule has 2 nitrogen and oxygen atoms in total. The summed E-state index contributed by atoms with van der Waals surface area (Å²) < 4.78 is 14.3. The van der Waals surface area contributed by atoms with Crippen molar-refractivity contribution in [2.45, 2.75) is 64.0 Å². The van der Waals surface area contributed by atoms with Crippen LogP contribution in [0.15, 0.2) is 18.2 Å². The molecule has 0 spiro atoms. The molecule has 2 atom stereocenters. The number of hydrogen-bond donors (Lipinski definition) is 1. The molecule has 0 radical (unpaired) electrons. The van der Waals surface area contributed by atoms with Crippen molar-refractivity contribution in [3.05, 3.63) is 29.6 Å². The van der Waals surface area contributed by atoms with E-state index in [1.807, 2.05) is 13.0 Å². The molecule has 1 saturated carbocycles. The monoisotopic (exact) mass is 290 g/mol. The van der Waals surface area contributed by atoms with Crippen LogP contribution >= 0.6 is 0 Å². The van der Waals surface area contributed by atoms with Gasteiger partial charge in [-0.05, 0) is 57.1 Å². The molecule has 116 valence electrons. The van der Waals surface area contributed by atoms with Gasteiger partial charge < -0.3 is 10.6 Å². The quantitative estimate of drug-likeness (QED) is 0.912. The molecule has 1 aliphatic heterocycles. The van der Waals surface area contributed by atoms with Gasteiger partial charge in [-0.2, -0.15) is 0 Å². The molecule has 1 aromatic rings. The van der Waals surface area contributed by atoms with Crippen LogP contribution in [0.5, 0.6) is 0 Å². The summed E-state index contributed by atoms with van der Waals surface area (Å²) >= 11 is 0. The van der Waals surface area contributed by atoms with Gasteiger partial charge in [-0.1, -0.05) is 18.9 Å². The van der Waals surface area contributed by atoms with Crippen molar-refractivity contribution in [1.29, 1.82) is 0 Å². The summed E-state index contributed by atoms with van der Waals surface area (Å²) in [5, 5.41) is 0. The van der Waals surface area contributed by atoms with Crippen LogP contribution in [0.3, 0.4) is 0 Å². The van der Waals surface area contributed by atoms with Gasteiger partial charge in [0.2, 0.25) is 0 Å². The highest BCUT2D eigenvalue weighted by Crippen LogP contribution is 2.39. The maximum absolute atomic E-state index is 14.3. The van der Waals surface area contributed by atoms with Crippen molar-refractivity contribution in [3.63, 3.8) is 0 Å². The van der Waals surface area contributed by atoms with Gasteiger partial charge in [0.25, 0.3) is 0 Å². The van der Waals surface area contributed by atoms with E-state index < -0.39 is 0 Å². The standard InChI is InChI=1S/C18H27FN2/c1-13(20)12-15-16(19)8-4-9-18(15)21-11-5-10-17(21)14-6-2-3-7-14/h4,8-9,13-14,17H,2-3,5-7,10-12,20H2,1H3. The molecule has 21 heavy (non-hydrogen) atoms. The van der Waals surface area contributed by atoms with Crippen LogP contribution in [0.2, 0.25) is 0 Å². The normalized spacial score (nSPS) is 24.7. The van der Waals surface area contributed by atoms with Crippen LogP contribution < -0.4 is 10.6 Å². The van der Waals surface area contributed by atoms with Crippen LogP contribution in [0, 0.1) is 11.7 Å². The van der Waals surface area contributed by atoms with Crippen LogP contribution in [0.4, 0.5) is 10.1 Å². The Bertz CT molecular complexity index is 480. The number of anilines is 1. The third-order valence-electron chi connectivity index (χ3n) is 5.17. The van der Waals surface area contributed by atoms with Crippen molar-refractivity contribution in [3.8, 4) is 0 Å². The molecule has 2 N–H and O–H groups in total. The van der Waals surface area contributed by atoms with E-state index in [-0.39, 0.29) is 11.9 Å². The Morgan fingerprint density at radius 2 is 2.00 bits per heavy atom. The lowest BCUT2D eigenvalue weighted by Crippen LogP contribution is -2.36. The molecule has 2 aliphatic rings. The third kappa shape index (κ3) is 3.08. The maximum Gasteiger partial charge on any atom is 0.128 e. The molecule has 0 amide bonds. The van der Waals surface area contributed by atoms with Crippen LogP contribution in [-0.2, 0) is 6.42 Å². The lowest BCUT2D eigenvalue weighted by molar-refractivity contribution is 0.429. The van der Waals surface area contributed by atoms with Crippen molar-refractivity contribution in [1.82, 2.24) is 0 Å². The molecule has 3 rings (SSSR count). The summed E-state index contributed by atoms with van der Waals surface area (Å²) in [6.07, 6.45) is 8.54. The Hall–Kier alpha value is -1.09. The number of nitrogens with zero attached hydrogens (tertiary/aromatic N) is 1. The minimum Gasteiger partial charge on any atom is -0.368 e. The second-order valence-corrected chi connectivity index (χ2v) is 6.87. The second kappa shape index (κ2) is 6.35. The Morgan fingerprint density at radius 3 is 2.71 bits per heavy atom. The first-order chi connectivity index (χ1) is 10.2. The van der Waals surface area contributed by atoms with E-state index in [4.69, 9.17) is 5.73 Å². The van der Waals surface area contributed by atoms with E-state index >= 15 is 0 Å². The molecule has 1 aromatic carbocycles. The molecule has 2 unspecified atom stereocenters. The number of nitrogens with two attached hydrogens (primary N) is 1. The van der Waals surface area contributed by atoms with E-state index in [2.05, 4.69) is 11.0 Å². The molecular weight excluding hydrogens is 263 g/mol. The Kier molecular flexibility index (Phi) is 4.48. The lowest BCUT2D eigenvalue weighted by Gasteiger charge is -2.33. The Balaban J connectivity index is 1.89. The molecule has 1 aliphatic carbocycles. The largest absolute Gasteiger partial charge is 0.368 e. The molecule has 0 bridgehead atoms. The van der Waals surface area contributed by atoms with E-state index in [0.717, 1.165) is 23.7 Å². The predicted molar refractivity (Wildman–Crippen MR) is 86.1 cm³/mol. The second-order valence-electron chi connectivity index (χ2n) is 6.87. The summed E-state index contributed by atoms with van der Waals surface area (Å²) in [5.74, 6) is 0.709. The van der Waals surface area contributed by atoms with Gasteiger partial charge in [0.15, 0.2) is 0 Å². The van der Waals surface area contributed by atoms with Crippen molar-refractivity contribution in [2.24, 2.45) is 11.7 Å². The molecule has 3 heteroatoms. The molecule has 1 saturated heterocycles. The van der Waals surface area contributed by atoms with E-state index in [1.54, 1.807) is 6.07 Å². The Morgan fingerprint density at radius 1 is 1.24 bits per heavy atom. The van der Waals surface area contributed by atoms with Crippen molar-refractivity contribution >= 4 is 5.69 Å². The van der Waals surface area contributed by atoms with Gasteiger partial charge in [-0.3, -0.25) is 0 Å². The summed E-state index contributed by atoms with van der Waals surface area (Å²) in [4.78, 5) is 2.48. The third-order valence-corrected chi connectivity index (χ3v) is 5.17. The van der Waals surface area contributed by atoms with Crippen LogP contribution in [-0.4, -0.2) is 18.6 Å². The zero-order valence-corrected chi connectivity index (χ0v) is 13.0. The molecular formula is C18H27FN2. The zero-order chi connectivity index (χ0) is 14.8. The SMILES string of the molecule is CC(N)Cc1c(F)cccc1N1CCCC1C1CCCC1. The summed E-state index contributed by atoms with van der Waals surface area (Å²) in [6.45, 7) is 3.02. The van der Waals surface area contributed by atoms with Gasteiger partial charge in [0.05, 0.1) is 0 Å². The van der Waals surface area contributed by atoms with Gasteiger partial charge in [0.1, 0.15) is 5.82 Å². The molecule has 0 aromatic heterocycles. The minimum absolute atomic E-state index is 0.00631. The minimum atomic E-state index is -0.0955. The summed E-state index contributed by atoms with van der Waals surface area (Å²) in [7, 11) is 0. The highest BCUT2D eigenvalue weighted by molar-refractivity contribution is 5.56. The molecule has 1 heterocycles. The average molecular weight is 290 g/mol. The Labute approximate surface area is 127 Å². The van der Waals surface area contributed by atoms with E-state index in [1.165, 1.54) is 38.5 Å². The highest BCUT2D eigenvalue weighted by Gasteiger charge is 2.34.